The fourth-order valence-corrected chi connectivity index (χ4v) is 25.1. The minimum atomic E-state index is -2.94. The predicted octanol–water partition coefficient (Wildman–Crippen LogP) is 13.5. The van der Waals surface area contributed by atoms with Crippen molar-refractivity contribution in [2.45, 2.75) is 0 Å². The summed E-state index contributed by atoms with van der Waals surface area (Å²) in [5, 5.41) is 12.8. The van der Waals surface area contributed by atoms with Crippen LogP contribution >= 0.6 is 0 Å². The Hall–Kier alpha value is -12.3. The van der Waals surface area contributed by atoms with Gasteiger partial charge in [-0.1, -0.05) is 267 Å². The van der Waals surface area contributed by atoms with E-state index in [9.17, 15) is 0 Å². The Bertz CT molecular complexity index is 5620. The maximum absolute atomic E-state index is 5.74. The van der Waals surface area contributed by atoms with Crippen LogP contribution in [0, 0.1) is 0 Å². The van der Waals surface area contributed by atoms with Crippen LogP contribution in [0.15, 0.2) is 346 Å². The van der Waals surface area contributed by atoms with Crippen LogP contribution in [0.5, 0.6) is 0 Å². The summed E-state index contributed by atoms with van der Waals surface area (Å²) >= 11 is 0. The predicted molar refractivity (Wildman–Crippen MR) is 395 cm³/mol. The van der Waals surface area contributed by atoms with E-state index in [1.54, 1.807) is 0 Å². The molecule has 95 heavy (non-hydrogen) atoms. The molecular weight excluding hydrogens is 1190 g/mol. The Morgan fingerprint density at radius 1 is 0.221 bits per heavy atom. The van der Waals surface area contributed by atoms with Crippen LogP contribution in [0.1, 0.15) is 0 Å². The molecule has 0 saturated heterocycles. The van der Waals surface area contributed by atoms with Gasteiger partial charge in [0.2, 0.25) is 11.6 Å². The molecule has 6 heterocycles. The number of hydrogen-bond acceptors (Lipinski definition) is 4. The zero-order valence-electron chi connectivity index (χ0n) is 51.4. The molecular formula is C84H57N9Si2. The van der Waals surface area contributed by atoms with Gasteiger partial charge in [0.1, 0.15) is 11.6 Å². The van der Waals surface area contributed by atoms with E-state index in [1.807, 2.05) is 0 Å². The first-order valence-electron chi connectivity index (χ1n) is 32.3. The fraction of sp³-hybridized carbons (Fsp3) is 0. The zero-order valence-corrected chi connectivity index (χ0v) is 53.4. The second-order valence-electron chi connectivity index (χ2n) is 24.6. The summed E-state index contributed by atoms with van der Waals surface area (Å²) < 4.78 is 11.5. The van der Waals surface area contributed by atoms with E-state index in [0.29, 0.717) is 17.5 Å². The van der Waals surface area contributed by atoms with Crippen LogP contribution in [-0.2, 0) is 0 Å². The molecule has 0 radical (unpaired) electrons. The van der Waals surface area contributed by atoms with Crippen LogP contribution < -0.4 is 41.5 Å². The van der Waals surface area contributed by atoms with Gasteiger partial charge in [0.25, 0.3) is 0 Å². The molecule has 0 amide bonds. The van der Waals surface area contributed by atoms with Crippen molar-refractivity contribution < 1.29 is 0 Å². The smallest absolute Gasteiger partial charge is 0.221 e. The Kier molecular flexibility index (Phi) is 12.4. The van der Waals surface area contributed by atoms with Gasteiger partial charge >= 0.3 is 0 Å². The molecule has 0 unspecified atom stereocenters. The molecule has 0 spiro atoms. The van der Waals surface area contributed by atoms with Crippen molar-refractivity contribution >= 4 is 135 Å². The largest absolute Gasteiger partial charge is 0.309 e. The van der Waals surface area contributed by atoms with Crippen molar-refractivity contribution in [1.29, 1.82) is 0 Å². The minimum Gasteiger partial charge on any atom is -0.309 e. The number of rotatable bonds is 12. The van der Waals surface area contributed by atoms with Gasteiger partial charge in [-0.15, -0.1) is 0 Å². The van der Waals surface area contributed by atoms with Crippen molar-refractivity contribution in [3.63, 3.8) is 0 Å². The standard InChI is InChI=1S/C84H57N9Si2/c1-7-30-60(31-8-1)94(61-32-9-2-10-33-61,62-34-11-3-12-35-62)66-50-52-70-78(55-66)90-74-46-23-25-48-76(74)92(83(90)85-70)80-57-81(88-82(87-80)58-28-27-29-59(54-58)89-72-44-21-19-42-68(72)69-43-20-22-45-73(69)89)93-77-49-26-24-47-75(77)91-79-56-67(51-53-71(79)86-84(91)93)95(63-36-13-4-14-37-63,64-38-15-5-16-39-64)65-40-17-6-18-41-65/h1-57H. The van der Waals surface area contributed by atoms with E-state index in [0.717, 1.165) is 78.0 Å². The summed E-state index contributed by atoms with van der Waals surface area (Å²) in [7, 11) is -5.88. The van der Waals surface area contributed by atoms with Gasteiger partial charge in [-0.05, 0) is 114 Å². The van der Waals surface area contributed by atoms with Gasteiger partial charge in [0.15, 0.2) is 22.0 Å². The minimum absolute atomic E-state index is 0.553. The van der Waals surface area contributed by atoms with E-state index >= 15 is 0 Å². The molecule has 9 nitrogen and oxygen atoms in total. The van der Waals surface area contributed by atoms with Gasteiger partial charge in [-0.3, -0.25) is 17.9 Å². The van der Waals surface area contributed by atoms with E-state index in [2.05, 4.69) is 368 Å². The molecule has 13 aromatic carbocycles. The Morgan fingerprint density at radius 3 is 0.937 bits per heavy atom. The average Bonchev–Trinajstić information content (AvgIpc) is 1.67. The quantitative estimate of drug-likeness (QED) is 0.0902. The Morgan fingerprint density at radius 2 is 0.558 bits per heavy atom. The molecule has 0 atom stereocenters. The highest BCUT2D eigenvalue weighted by Crippen LogP contribution is 2.36. The average molecular weight is 1250 g/mol. The first kappa shape index (κ1) is 54.4. The molecule has 0 bridgehead atoms. The highest BCUT2D eigenvalue weighted by atomic mass is 28.3. The van der Waals surface area contributed by atoms with E-state index in [1.165, 1.54) is 52.3 Å². The number of hydrogen-bond donors (Lipinski definition) is 0. The molecule has 19 rings (SSSR count). The second-order valence-corrected chi connectivity index (χ2v) is 32.2. The molecule has 11 heteroatoms. The van der Waals surface area contributed by atoms with Crippen molar-refractivity contribution in [2.75, 3.05) is 0 Å². The lowest BCUT2D eigenvalue weighted by Crippen LogP contribution is -2.74. The lowest BCUT2D eigenvalue weighted by Gasteiger charge is -2.34. The lowest BCUT2D eigenvalue weighted by atomic mass is 10.1. The normalized spacial score (nSPS) is 12.2. The summed E-state index contributed by atoms with van der Waals surface area (Å²) in [5.74, 6) is 3.36. The second kappa shape index (κ2) is 21.7. The number of nitrogens with zero attached hydrogens (tertiary/aromatic N) is 9. The maximum Gasteiger partial charge on any atom is 0.221 e. The van der Waals surface area contributed by atoms with Crippen molar-refractivity contribution in [3.05, 3.63) is 346 Å². The molecule has 0 N–H and O–H groups in total. The summed E-state index contributed by atoms with van der Waals surface area (Å²) in [6.45, 7) is 0. The van der Waals surface area contributed by atoms with Gasteiger partial charge in [-0.2, -0.15) is 0 Å². The Labute approximate surface area is 548 Å². The molecule has 0 saturated carbocycles. The maximum atomic E-state index is 5.74. The number of aromatic nitrogens is 9. The van der Waals surface area contributed by atoms with Crippen LogP contribution in [-0.4, -0.2) is 58.6 Å². The van der Waals surface area contributed by atoms with Crippen molar-refractivity contribution in [2.24, 2.45) is 0 Å². The molecule has 0 aliphatic carbocycles. The van der Waals surface area contributed by atoms with E-state index in [-0.39, 0.29) is 0 Å². The highest BCUT2D eigenvalue weighted by molar-refractivity contribution is 7.20. The van der Waals surface area contributed by atoms with Gasteiger partial charge in [-0.25, -0.2) is 19.9 Å². The van der Waals surface area contributed by atoms with Crippen molar-refractivity contribution in [3.8, 4) is 28.7 Å². The molecule has 446 valence electrons. The third-order valence-corrected chi connectivity index (χ3v) is 29.2. The Balaban J connectivity index is 0.873. The van der Waals surface area contributed by atoms with E-state index in [4.69, 9.17) is 19.9 Å². The molecule has 6 aromatic heterocycles. The first-order chi connectivity index (χ1) is 47.1. The topological polar surface area (TPSA) is 75.2 Å². The fourth-order valence-electron chi connectivity index (χ4n) is 15.6. The number of imidazole rings is 4. The molecule has 0 aliphatic rings. The van der Waals surface area contributed by atoms with Gasteiger partial charge in [0, 0.05) is 28.1 Å². The molecule has 0 aliphatic heterocycles. The van der Waals surface area contributed by atoms with Crippen molar-refractivity contribution in [1.82, 2.24) is 42.4 Å². The third-order valence-electron chi connectivity index (χ3n) is 19.6. The summed E-state index contributed by atoms with van der Waals surface area (Å²) in [6.07, 6.45) is 0. The third kappa shape index (κ3) is 8.19. The zero-order chi connectivity index (χ0) is 62.6. The van der Waals surface area contributed by atoms with E-state index < -0.39 is 16.1 Å². The van der Waals surface area contributed by atoms with Gasteiger partial charge in [0.05, 0.1) is 55.2 Å². The highest BCUT2D eigenvalue weighted by Gasteiger charge is 2.43. The molecule has 0 fully saturated rings. The number of para-hydroxylation sites is 6. The monoisotopic (exact) mass is 1250 g/mol. The number of fused-ring (bicyclic) bond motifs is 13. The molecule has 19 aromatic rings. The van der Waals surface area contributed by atoms with Crippen LogP contribution in [0.2, 0.25) is 0 Å². The first-order valence-corrected chi connectivity index (χ1v) is 36.3. The van der Waals surface area contributed by atoms with Gasteiger partial charge < -0.3 is 4.57 Å². The summed E-state index contributed by atoms with van der Waals surface area (Å²) in [4.78, 5) is 22.8. The lowest BCUT2D eigenvalue weighted by molar-refractivity contribution is 0.969. The SMILES string of the molecule is c1ccc([Si](c2ccccc2)(c2ccccc2)c2ccc3nc4n(-c5cc(-n6c7ccccc7n7c8cc([Si](c9ccccc9)(c9ccccc9)c9ccccc9)ccc8nc67)nc(-c6cccc(-n7c8ccccc8c8ccccc87)c6)n5)c5ccccc5n4c3c2)cc1. The van der Waals surface area contributed by atoms with Crippen LogP contribution in [0.4, 0.5) is 0 Å². The summed E-state index contributed by atoms with van der Waals surface area (Å²) in [5.41, 5.74) is 11.8. The van der Waals surface area contributed by atoms with Crippen LogP contribution in [0.3, 0.4) is 0 Å². The van der Waals surface area contributed by atoms with Crippen LogP contribution in [0.25, 0.3) is 106 Å². The number of benzene rings is 13. The summed E-state index contributed by atoms with van der Waals surface area (Å²) in [6, 6.07) is 126.